The first kappa shape index (κ1) is 20.3. The first-order chi connectivity index (χ1) is 13.8. The summed E-state index contributed by atoms with van der Waals surface area (Å²) in [5, 5.41) is 15.9. The van der Waals surface area contributed by atoms with Gasteiger partial charge in [-0.3, -0.25) is 9.48 Å². The minimum absolute atomic E-state index is 0.0778. The summed E-state index contributed by atoms with van der Waals surface area (Å²) in [5.74, 6) is -1.44. The van der Waals surface area contributed by atoms with Crippen LogP contribution < -0.4 is 14.8 Å². The highest BCUT2D eigenvalue weighted by molar-refractivity contribution is 6.04. The van der Waals surface area contributed by atoms with Gasteiger partial charge < -0.3 is 19.9 Å². The van der Waals surface area contributed by atoms with E-state index in [1.54, 1.807) is 26.2 Å². The van der Waals surface area contributed by atoms with Crippen molar-refractivity contribution in [3.05, 3.63) is 65.9 Å². The summed E-state index contributed by atoms with van der Waals surface area (Å²) in [6.07, 6.45) is 1.13. The molecule has 7 nitrogen and oxygen atoms in total. The first-order valence-corrected chi connectivity index (χ1v) is 8.70. The lowest BCUT2D eigenvalue weighted by molar-refractivity contribution is 0.102. The summed E-state index contributed by atoms with van der Waals surface area (Å²) < 4.78 is 39.5. The molecule has 3 aromatic rings. The molecule has 9 heteroatoms. The van der Waals surface area contributed by atoms with E-state index in [-0.39, 0.29) is 29.4 Å². The maximum atomic E-state index is 13.4. The van der Waals surface area contributed by atoms with E-state index in [9.17, 15) is 18.7 Å². The molecule has 152 valence electrons. The summed E-state index contributed by atoms with van der Waals surface area (Å²) in [5.41, 5.74) is 0.171. The summed E-state index contributed by atoms with van der Waals surface area (Å²) >= 11 is 0. The molecule has 0 aliphatic heterocycles. The van der Waals surface area contributed by atoms with Gasteiger partial charge in [0.1, 0.15) is 35.0 Å². The van der Waals surface area contributed by atoms with Crippen LogP contribution in [0, 0.1) is 11.6 Å². The van der Waals surface area contributed by atoms with Crippen molar-refractivity contribution in [1.82, 2.24) is 9.78 Å². The lowest BCUT2D eigenvalue weighted by Crippen LogP contribution is -2.17. The molecular formula is C20H19F2N3O4. The molecule has 0 spiro atoms. The molecule has 1 aromatic heterocycles. The molecule has 29 heavy (non-hydrogen) atoms. The maximum absolute atomic E-state index is 13.4. The smallest absolute Gasteiger partial charge is 0.257 e. The number of carbonyl (C=O) groups is 1. The van der Waals surface area contributed by atoms with Gasteiger partial charge in [-0.05, 0) is 19.1 Å². The van der Waals surface area contributed by atoms with Crippen molar-refractivity contribution in [2.45, 2.75) is 13.0 Å². The molecule has 1 atom stereocenters. The number of hydrogen-bond acceptors (Lipinski definition) is 5. The minimum atomic E-state index is -0.797. The van der Waals surface area contributed by atoms with Gasteiger partial charge in [-0.25, -0.2) is 8.78 Å². The van der Waals surface area contributed by atoms with Crippen LogP contribution in [-0.4, -0.2) is 33.5 Å². The van der Waals surface area contributed by atoms with Gasteiger partial charge in [-0.15, -0.1) is 0 Å². The van der Waals surface area contributed by atoms with Crippen LogP contribution in [0.3, 0.4) is 0 Å². The van der Waals surface area contributed by atoms with E-state index in [0.29, 0.717) is 5.82 Å². The lowest BCUT2D eigenvalue weighted by atomic mass is 10.2. The van der Waals surface area contributed by atoms with Crippen LogP contribution in [0.4, 0.5) is 14.6 Å². The number of halogens is 2. The molecule has 2 aromatic carbocycles. The van der Waals surface area contributed by atoms with E-state index in [1.165, 1.54) is 22.9 Å². The summed E-state index contributed by atoms with van der Waals surface area (Å²) in [6, 6.07) is 8.69. The molecule has 1 heterocycles. The third-order valence-corrected chi connectivity index (χ3v) is 3.76. The average Bonchev–Trinajstić information content (AvgIpc) is 3.05. The molecule has 0 saturated carbocycles. The maximum Gasteiger partial charge on any atom is 0.257 e. The van der Waals surface area contributed by atoms with E-state index < -0.39 is 23.6 Å². The number of nitrogens with one attached hydrogen (secondary N) is 1. The molecule has 0 fully saturated rings. The van der Waals surface area contributed by atoms with Gasteiger partial charge in [0.25, 0.3) is 5.91 Å². The fourth-order valence-corrected chi connectivity index (χ4v) is 2.49. The second kappa shape index (κ2) is 8.70. The van der Waals surface area contributed by atoms with Gasteiger partial charge in [0, 0.05) is 49.1 Å². The van der Waals surface area contributed by atoms with Crippen molar-refractivity contribution in [3.63, 3.8) is 0 Å². The first-order valence-electron chi connectivity index (χ1n) is 8.70. The van der Waals surface area contributed by atoms with Crippen LogP contribution in [0.5, 0.6) is 17.2 Å². The van der Waals surface area contributed by atoms with Gasteiger partial charge in [0.2, 0.25) is 0 Å². The number of aliphatic hydroxyl groups is 1. The fourth-order valence-electron chi connectivity index (χ4n) is 2.49. The van der Waals surface area contributed by atoms with Gasteiger partial charge >= 0.3 is 0 Å². The van der Waals surface area contributed by atoms with Crippen molar-refractivity contribution < 1.29 is 28.2 Å². The highest BCUT2D eigenvalue weighted by Crippen LogP contribution is 2.29. The topological polar surface area (TPSA) is 85.6 Å². The predicted molar refractivity (Wildman–Crippen MR) is 101 cm³/mol. The van der Waals surface area contributed by atoms with Crippen molar-refractivity contribution in [2.24, 2.45) is 7.05 Å². The normalized spacial score (nSPS) is 11.8. The van der Waals surface area contributed by atoms with Gasteiger partial charge in [-0.2, -0.15) is 5.10 Å². The Hall–Kier alpha value is -3.46. The Morgan fingerprint density at radius 2 is 1.79 bits per heavy atom. The van der Waals surface area contributed by atoms with Crippen LogP contribution in [0.1, 0.15) is 17.3 Å². The van der Waals surface area contributed by atoms with Crippen LogP contribution in [-0.2, 0) is 7.05 Å². The molecule has 0 saturated heterocycles. The van der Waals surface area contributed by atoms with Gasteiger partial charge in [0.05, 0.1) is 6.61 Å². The third kappa shape index (κ3) is 5.52. The SMILES string of the molecule is CC(CO)Oc1cc(Oc2cc(F)cc(F)c2)cc(C(=O)Nc2ccn(C)n2)c1. The lowest BCUT2D eigenvalue weighted by Gasteiger charge is -2.15. The fraction of sp³-hybridized carbons (Fsp3) is 0.200. The highest BCUT2D eigenvalue weighted by Gasteiger charge is 2.14. The second-order valence-electron chi connectivity index (χ2n) is 6.34. The number of hydrogen-bond donors (Lipinski definition) is 2. The largest absolute Gasteiger partial charge is 0.488 e. The molecule has 0 bridgehead atoms. The zero-order chi connectivity index (χ0) is 21.0. The molecule has 1 amide bonds. The van der Waals surface area contributed by atoms with Crippen molar-refractivity contribution in [1.29, 1.82) is 0 Å². The summed E-state index contributed by atoms with van der Waals surface area (Å²) in [7, 11) is 1.71. The standard InChI is InChI=1S/C20H19F2N3O4/c1-12(11-26)28-16-5-13(20(27)23-19-3-4-25(2)24-19)6-17(10-16)29-18-8-14(21)7-15(22)9-18/h3-10,12,26H,11H2,1-2H3,(H,23,24,27). The Morgan fingerprint density at radius 1 is 1.14 bits per heavy atom. The Labute approximate surface area is 165 Å². The number of ether oxygens (including phenoxy) is 2. The number of carbonyl (C=O) groups excluding carboxylic acids is 1. The number of anilines is 1. The molecule has 1 unspecified atom stereocenters. The highest BCUT2D eigenvalue weighted by atomic mass is 19.1. The average molecular weight is 403 g/mol. The van der Waals surface area contributed by atoms with E-state index >= 15 is 0 Å². The number of aromatic nitrogens is 2. The van der Waals surface area contributed by atoms with E-state index in [2.05, 4.69) is 10.4 Å². The molecular weight excluding hydrogens is 384 g/mol. The summed E-state index contributed by atoms with van der Waals surface area (Å²) in [4.78, 5) is 12.6. The van der Waals surface area contributed by atoms with Crippen LogP contribution in [0.2, 0.25) is 0 Å². The molecule has 0 aliphatic carbocycles. The number of rotatable bonds is 7. The number of aryl methyl sites for hydroxylation is 1. The van der Waals surface area contributed by atoms with E-state index in [4.69, 9.17) is 9.47 Å². The molecule has 2 N–H and O–H groups in total. The third-order valence-electron chi connectivity index (χ3n) is 3.76. The molecule has 3 rings (SSSR count). The number of benzene rings is 2. The minimum Gasteiger partial charge on any atom is -0.488 e. The van der Waals surface area contributed by atoms with Gasteiger partial charge in [-0.1, -0.05) is 0 Å². The Bertz CT molecular complexity index is 1000. The van der Waals surface area contributed by atoms with Crippen LogP contribution >= 0.6 is 0 Å². The van der Waals surface area contributed by atoms with Crippen molar-refractivity contribution in [2.75, 3.05) is 11.9 Å². The number of aliphatic hydroxyl groups excluding tert-OH is 1. The Kier molecular flexibility index (Phi) is 6.08. The Balaban J connectivity index is 1.90. The monoisotopic (exact) mass is 403 g/mol. The predicted octanol–water partition coefficient (Wildman–Crippen LogP) is 3.50. The van der Waals surface area contributed by atoms with Crippen LogP contribution in [0.25, 0.3) is 0 Å². The zero-order valence-electron chi connectivity index (χ0n) is 15.7. The van der Waals surface area contributed by atoms with E-state index in [0.717, 1.165) is 18.2 Å². The Morgan fingerprint density at radius 3 is 2.41 bits per heavy atom. The van der Waals surface area contributed by atoms with Crippen molar-refractivity contribution in [3.8, 4) is 17.2 Å². The number of nitrogens with zero attached hydrogens (tertiary/aromatic N) is 2. The molecule has 0 radical (unpaired) electrons. The summed E-state index contributed by atoms with van der Waals surface area (Å²) in [6.45, 7) is 1.40. The second-order valence-corrected chi connectivity index (χ2v) is 6.34. The van der Waals surface area contributed by atoms with Crippen LogP contribution in [0.15, 0.2) is 48.7 Å². The molecule has 0 aliphatic rings. The quantitative estimate of drug-likeness (QED) is 0.631. The number of amides is 1. The zero-order valence-corrected chi connectivity index (χ0v) is 15.7. The van der Waals surface area contributed by atoms with Gasteiger partial charge in [0.15, 0.2) is 5.82 Å². The van der Waals surface area contributed by atoms with Crippen molar-refractivity contribution >= 4 is 11.7 Å². The van der Waals surface area contributed by atoms with E-state index in [1.807, 2.05) is 0 Å².